The first kappa shape index (κ1) is 12.5. The van der Waals surface area contributed by atoms with Gasteiger partial charge in [-0.2, -0.15) is 9.61 Å². The van der Waals surface area contributed by atoms with Gasteiger partial charge in [-0.3, -0.25) is 4.90 Å². The van der Waals surface area contributed by atoms with Crippen molar-refractivity contribution in [3.8, 4) is 0 Å². The van der Waals surface area contributed by atoms with Crippen LogP contribution < -0.4 is 10.6 Å². The van der Waals surface area contributed by atoms with E-state index >= 15 is 0 Å². The van der Waals surface area contributed by atoms with E-state index in [0.29, 0.717) is 11.3 Å². The fraction of sp³-hybridized carbons (Fsp3) is 0.308. The number of nitrogen functional groups attached to an aromatic ring is 1. The van der Waals surface area contributed by atoms with Gasteiger partial charge in [0.25, 0.3) is 0 Å². The van der Waals surface area contributed by atoms with Crippen LogP contribution in [0.3, 0.4) is 0 Å². The van der Waals surface area contributed by atoms with Crippen LogP contribution in [0.2, 0.25) is 0 Å². The standard InChI is InChI=1S/C13H17N7/c1-3-6-19(13-15-4-5-16-13)11-7-9(2)18-12-10(14)8-17-20(11)12/h4-5,7-8H,3,6,14H2,1-2H3,(H,15,16). The molecule has 3 aromatic heterocycles. The molecule has 0 aliphatic heterocycles. The number of anilines is 3. The number of nitrogens with zero attached hydrogens (tertiary/aromatic N) is 5. The number of imidazole rings is 1. The van der Waals surface area contributed by atoms with Gasteiger partial charge >= 0.3 is 0 Å². The Morgan fingerprint density at radius 1 is 1.45 bits per heavy atom. The van der Waals surface area contributed by atoms with Crippen LogP contribution >= 0.6 is 0 Å². The predicted molar refractivity (Wildman–Crippen MR) is 78.0 cm³/mol. The number of rotatable bonds is 4. The first-order valence-electron chi connectivity index (χ1n) is 6.58. The van der Waals surface area contributed by atoms with Crippen LogP contribution in [0.15, 0.2) is 24.7 Å². The lowest BCUT2D eigenvalue weighted by Crippen LogP contribution is -2.22. The van der Waals surface area contributed by atoms with Crippen LogP contribution in [-0.2, 0) is 0 Å². The van der Waals surface area contributed by atoms with Crippen molar-refractivity contribution in [1.82, 2.24) is 24.6 Å². The lowest BCUT2D eigenvalue weighted by Gasteiger charge is -2.22. The molecule has 0 bridgehead atoms. The van der Waals surface area contributed by atoms with Crippen molar-refractivity contribution >= 4 is 23.1 Å². The smallest absolute Gasteiger partial charge is 0.208 e. The molecule has 3 heterocycles. The number of H-pyrrole nitrogens is 1. The number of aromatic amines is 1. The highest BCUT2D eigenvalue weighted by atomic mass is 15.4. The first-order valence-corrected chi connectivity index (χ1v) is 6.58. The fourth-order valence-corrected chi connectivity index (χ4v) is 2.23. The summed E-state index contributed by atoms with van der Waals surface area (Å²) in [5.41, 5.74) is 8.06. The number of hydrogen-bond acceptors (Lipinski definition) is 5. The average molecular weight is 271 g/mol. The minimum absolute atomic E-state index is 0.575. The molecule has 0 amide bonds. The maximum Gasteiger partial charge on any atom is 0.208 e. The van der Waals surface area contributed by atoms with Crippen molar-refractivity contribution in [2.45, 2.75) is 20.3 Å². The summed E-state index contributed by atoms with van der Waals surface area (Å²) < 4.78 is 1.75. The largest absolute Gasteiger partial charge is 0.394 e. The highest BCUT2D eigenvalue weighted by Gasteiger charge is 2.17. The van der Waals surface area contributed by atoms with Gasteiger partial charge in [0.1, 0.15) is 5.82 Å². The van der Waals surface area contributed by atoms with Crippen LogP contribution in [0.4, 0.5) is 17.5 Å². The van der Waals surface area contributed by atoms with Crippen molar-refractivity contribution < 1.29 is 0 Å². The van der Waals surface area contributed by atoms with E-state index in [-0.39, 0.29) is 0 Å². The van der Waals surface area contributed by atoms with Crippen LogP contribution in [-0.4, -0.2) is 31.1 Å². The summed E-state index contributed by atoms with van der Waals surface area (Å²) >= 11 is 0. The maximum absolute atomic E-state index is 5.92. The normalized spacial score (nSPS) is 11.1. The molecule has 0 unspecified atom stereocenters. The van der Waals surface area contributed by atoms with Gasteiger partial charge in [0, 0.05) is 30.7 Å². The molecular weight excluding hydrogens is 254 g/mol. The van der Waals surface area contributed by atoms with E-state index in [9.17, 15) is 0 Å². The third-order valence-corrected chi connectivity index (χ3v) is 3.07. The Kier molecular flexibility index (Phi) is 3.02. The van der Waals surface area contributed by atoms with E-state index in [1.54, 1.807) is 23.1 Å². The molecule has 3 aromatic rings. The number of hydrogen-bond donors (Lipinski definition) is 2. The quantitative estimate of drug-likeness (QED) is 0.756. The monoisotopic (exact) mass is 271 g/mol. The van der Waals surface area contributed by atoms with Gasteiger partial charge in [-0.15, -0.1) is 0 Å². The summed E-state index contributed by atoms with van der Waals surface area (Å²) in [7, 11) is 0. The van der Waals surface area contributed by atoms with Gasteiger partial charge in [0.05, 0.1) is 11.9 Å². The molecule has 0 fully saturated rings. The highest BCUT2D eigenvalue weighted by molar-refractivity contribution is 5.68. The Morgan fingerprint density at radius 3 is 3.00 bits per heavy atom. The molecule has 0 saturated carbocycles. The first-order chi connectivity index (χ1) is 9.70. The van der Waals surface area contributed by atoms with Gasteiger partial charge in [0.2, 0.25) is 5.95 Å². The van der Waals surface area contributed by atoms with Gasteiger partial charge in [-0.1, -0.05) is 6.92 Å². The zero-order valence-electron chi connectivity index (χ0n) is 11.5. The Balaban J connectivity index is 2.20. The minimum Gasteiger partial charge on any atom is -0.394 e. The Hall–Kier alpha value is -2.57. The third kappa shape index (κ3) is 1.97. The summed E-state index contributed by atoms with van der Waals surface area (Å²) in [6, 6.07) is 1.98. The second-order valence-electron chi connectivity index (χ2n) is 4.66. The van der Waals surface area contributed by atoms with E-state index in [1.807, 2.05) is 13.0 Å². The molecule has 0 aliphatic carbocycles. The number of aryl methyl sites for hydroxylation is 1. The van der Waals surface area contributed by atoms with Gasteiger partial charge < -0.3 is 10.7 Å². The van der Waals surface area contributed by atoms with E-state index in [0.717, 1.165) is 30.4 Å². The van der Waals surface area contributed by atoms with Crippen molar-refractivity contribution in [1.29, 1.82) is 0 Å². The molecule has 7 nitrogen and oxygen atoms in total. The van der Waals surface area contributed by atoms with Crippen LogP contribution in [0.25, 0.3) is 5.65 Å². The summed E-state index contributed by atoms with van der Waals surface area (Å²) in [6.07, 6.45) is 6.15. The third-order valence-electron chi connectivity index (χ3n) is 3.07. The average Bonchev–Trinajstić information content (AvgIpc) is 3.06. The van der Waals surface area contributed by atoms with Crippen molar-refractivity contribution in [2.75, 3.05) is 17.2 Å². The second kappa shape index (κ2) is 4.84. The van der Waals surface area contributed by atoms with Crippen molar-refractivity contribution in [2.24, 2.45) is 0 Å². The summed E-state index contributed by atoms with van der Waals surface area (Å²) in [4.78, 5) is 14.0. The van der Waals surface area contributed by atoms with Gasteiger partial charge in [-0.25, -0.2) is 9.97 Å². The maximum atomic E-state index is 5.92. The SMILES string of the molecule is CCCN(c1ncc[nH]1)c1cc(C)nc2c(N)cnn12. The minimum atomic E-state index is 0.575. The van der Waals surface area contributed by atoms with Crippen LogP contribution in [0, 0.1) is 6.92 Å². The molecule has 0 atom stereocenters. The molecule has 0 saturated heterocycles. The van der Waals surface area contributed by atoms with Crippen LogP contribution in [0.1, 0.15) is 19.0 Å². The molecule has 3 rings (SSSR count). The number of aromatic nitrogens is 5. The second-order valence-corrected chi connectivity index (χ2v) is 4.66. The number of nitrogens with one attached hydrogen (secondary N) is 1. The summed E-state index contributed by atoms with van der Waals surface area (Å²) in [5.74, 6) is 1.69. The van der Waals surface area contributed by atoms with E-state index in [4.69, 9.17) is 5.73 Å². The molecule has 104 valence electrons. The van der Waals surface area contributed by atoms with E-state index in [1.165, 1.54) is 0 Å². The molecule has 7 heteroatoms. The topological polar surface area (TPSA) is 88.1 Å². The summed E-state index contributed by atoms with van der Waals surface area (Å²) in [6.45, 7) is 4.90. The highest BCUT2D eigenvalue weighted by Crippen LogP contribution is 2.25. The van der Waals surface area contributed by atoms with Gasteiger partial charge in [-0.05, 0) is 13.3 Å². The lowest BCUT2D eigenvalue weighted by atomic mass is 10.3. The molecule has 0 spiro atoms. The molecule has 20 heavy (non-hydrogen) atoms. The van der Waals surface area contributed by atoms with E-state index in [2.05, 4.69) is 31.9 Å². The molecule has 3 N–H and O–H groups in total. The Bertz CT molecular complexity index is 714. The van der Waals surface area contributed by atoms with E-state index < -0.39 is 0 Å². The molecular formula is C13H17N7. The zero-order chi connectivity index (χ0) is 14.1. The molecule has 0 aromatic carbocycles. The number of nitrogens with two attached hydrogens (primary N) is 1. The summed E-state index contributed by atoms with van der Waals surface area (Å²) in [5, 5.41) is 4.32. The molecule has 0 radical (unpaired) electrons. The van der Waals surface area contributed by atoms with Crippen molar-refractivity contribution in [3.05, 3.63) is 30.4 Å². The zero-order valence-corrected chi connectivity index (χ0v) is 11.5. The number of fused-ring (bicyclic) bond motifs is 1. The van der Waals surface area contributed by atoms with Crippen molar-refractivity contribution in [3.63, 3.8) is 0 Å². The van der Waals surface area contributed by atoms with Crippen LogP contribution in [0.5, 0.6) is 0 Å². The Morgan fingerprint density at radius 2 is 2.30 bits per heavy atom. The lowest BCUT2D eigenvalue weighted by molar-refractivity contribution is 0.808. The van der Waals surface area contributed by atoms with Gasteiger partial charge in [0.15, 0.2) is 5.65 Å². The molecule has 0 aliphatic rings. The predicted octanol–water partition coefficient (Wildman–Crippen LogP) is 1.89. The fourth-order valence-electron chi connectivity index (χ4n) is 2.23. The Labute approximate surface area is 116 Å².